The van der Waals surface area contributed by atoms with Crippen molar-refractivity contribution in [3.63, 3.8) is 0 Å². The lowest BCUT2D eigenvalue weighted by atomic mass is 9.97. The number of aryl methyl sites for hydroxylation is 2. The number of nitrogens with one attached hydrogen (secondary N) is 1. The number of aromatic nitrogens is 2. The Bertz CT molecular complexity index is 908. The van der Waals surface area contributed by atoms with Crippen molar-refractivity contribution in [1.82, 2.24) is 14.9 Å². The summed E-state index contributed by atoms with van der Waals surface area (Å²) < 4.78 is 1.68. The van der Waals surface area contributed by atoms with Gasteiger partial charge in [0.15, 0.2) is 5.16 Å². The molecule has 2 heterocycles. The minimum absolute atomic E-state index is 0.0191. The van der Waals surface area contributed by atoms with Gasteiger partial charge in [-0.15, -0.1) is 17.8 Å². The predicted molar refractivity (Wildman–Crippen MR) is 103 cm³/mol. The Morgan fingerprint density at radius 1 is 1.48 bits per heavy atom. The maximum Gasteiger partial charge on any atom is 0.263 e. The van der Waals surface area contributed by atoms with Crippen LogP contribution in [0.3, 0.4) is 0 Å². The number of terminal acetylenes is 1. The largest absolute Gasteiger partial charge is 0.344 e. The fourth-order valence-electron chi connectivity index (χ4n) is 3.08. The predicted octanol–water partition coefficient (Wildman–Crippen LogP) is 2.59. The number of carbonyl (C=O) groups excluding carboxylic acids is 1. The molecule has 132 valence electrons. The summed E-state index contributed by atoms with van der Waals surface area (Å²) in [7, 11) is 0. The van der Waals surface area contributed by atoms with Gasteiger partial charge in [0.2, 0.25) is 5.91 Å². The van der Waals surface area contributed by atoms with E-state index in [1.807, 2.05) is 6.92 Å². The molecular weight excluding hydrogens is 354 g/mol. The Morgan fingerprint density at radius 2 is 2.24 bits per heavy atom. The van der Waals surface area contributed by atoms with E-state index in [9.17, 15) is 9.59 Å². The second-order valence-electron chi connectivity index (χ2n) is 6.02. The highest BCUT2D eigenvalue weighted by atomic mass is 32.2. The van der Waals surface area contributed by atoms with Gasteiger partial charge in [-0.2, -0.15) is 0 Å². The number of nitrogens with zero attached hydrogens (tertiary/aromatic N) is 2. The number of fused-ring (bicyclic) bond motifs is 3. The Labute approximate surface area is 155 Å². The molecule has 1 amide bonds. The number of hydrogen-bond acceptors (Lipinski definition) is 5. The molecule has 3 rings (SSSR count). The molecule has 1 atom stereocenters. The number of amides is 1. The van der Waals surface area contributed by atoms with Crippen molar-refractivity contribution < 1.29 is 4.79 Å². The molecule has 7 heteroatoms. The minimum Gasteiger partial charge on any atom is -0.344 e. The van der Waals surface area contributed by atoms with Gasteiger partial charge in [0.25, 0.3) is 5.56 Å². The summed E-state index contributed by atoms with van der Waals surface area (Å²) in [5, 5.41) is 3.69. The maximum absolute atomic E-state index is 13.0. The van der Waals surface area contributed by atoms with Crippen LogP contribution < -0.4 is 10.9 Å². The summed E-state index contributed by atoms with van der Waals surface area (Å²) in [5.41, 5.74) is 1.22. The number of rotatable bonds is 5. The van der Waals surface area contributed by atoms with Gasteiger partial charge in [-0.25, -0.2) is 4.98 Å². The zero-order valence-corrected chi connectivity index (χ0v) is 16.1. The van der Waals surface area contributed by atoms with E-state index in [1.54, 1.807) is 22.8 Å². The zero-order chi connectivity index (χ0) is 18.0. The van der Waals surface area contributed by atoms with Gasteiger partial charge in [0, 0.05) is 11.4 Å². The third-order valence-corrected chi connectivity index (χ3v) is 6.65. The van der Waals surface area contributed by atoms with Crippen LogP contribution in [0.2, 0.25) is 0 Å². The van der Waals surface area contributed by atoms with Crippen LogP contribution in [0.15, 0.2) is 9.95 Å². The molecule has 0 saturated heterocycles. The number of carbonyl (C=O) groups is 1. The molecule has 25 heavy (non-hydrogen) atoms. The number of thiophene rings is 1. The fraction of sp³-hybridized carbons (Fsp3) is 0.500. The lowest BCUT2D eigenvalue weighted by Crippen LogP contribution is -2.32. The van der Waals surface area contributed by atoms with Crippen LogP contribution in [0, 0.1) is 12.3 Å². The molecule has 0 radical (unpaired) electrons. The normalized spacial score (nSPS) is 14.8. The van der Waals surface area contributed by atoms with E-state index < -0.39 is 0 Å². The average Bonchev–Trinajstić information content (AvgIpc) is 2.98. The topological polar surface area (TPSA) is 64.0 Å². The molecule has 0 fully saturated rings. The van der Waals surface area contributed by atoms with E-state index in [0.717, 1.165) is 29.5 Å². The van der Waals surface area contributed by atoms with Crippen LogP contribution in [0.1, 0.15) is 37.1 Å². The summed E-state index contributed by atoms with van der Waals surface area (Å²) in [6, 6.07) is 0. The van der Waals surface area contributed by atoms with Crippen molar-refractivity contribution in [2.24, 2.45) is 0 Å². The van der Waals surface area contributed by atoms with Crippen LogP contribution in [0.25, 0.3) is 10.2 Å². The van der Waals surface area contributed by atoms with E-state index in [4.69, 9.17) is 11.4 Å². The third-order valence-electron chi connectivity index (χ3n) is 4.37. The first-order chi connectivity index (χ1) is 12.1. The van der Waals surface area contributed by atoms with E-state index >= 15 is 0 Å². The quantitative estimate of drug-likeness (QED) is 0.496. The maximum atomic E-state index is 13.0. The molecule has 1 aliphatic rings. The monoisotopic (exact) mass is 375 g/mol. The van der Waals surface area contributed by atoms with Gasteiger partial charge in [0.1, 0.15) is 4.83 Å². The SMILES string of the molecule is C#CCNC(=O)C(C)Sc1nc2sc3c(c2c(=O)n1CC)CCCC3. The van der Waals surface area contributed by atoms with E-state index in [-0.39, 0.29) is 23.3 Å². The molecule has 1 N–H and O–H groups in total. The molecule has 2 aromatic heterocycles. The Morgan fingerprint density at radius 3 is 2.96 bits per heavy atom. The van der Waals surface area contributed by atoms with Crippen LogP contribution in [0.4, 0.5) is 0 Å². The fourth-order valence-corrected chi connectivity index (χ4v) is 5.38. The Kier molecular flexibility index (Phi) is 5.50. The summed E-state index contributed by atoms with van der Waals surface area (Å²) in [6.45, 7) is 4.47. The first-order valence-corrected chi connectivity index (χ1v) is 10.2. The van der Waals surface area contributed by atoms with E-state index in [1.165, 1.54) is 28.6 Å². The zero-order valence-electron chi connectivity index (χ0n) is 14.4. The minimum atomic E-state index is -0.370. The first kappa shape index (κ1) is 18.0. The van der Waals surface area contributed by atoms with Gasteiger partial charge >= 0.3 is 0 Å². The molecule has 5 nitrogen and oxygen atoms in total. The highest BCUT2D eigenvalue weighted by Gasteiger charge is 2.23. The Hall–Kier alpha value is -1.78. The summed E-state index contributed by atoms with van der Waals surface area (Å²) in [5.74, 6) is 2.24. The Balaban J connectivity index is 2.00. The van der Waals surface area contributed by atoms with E-state index in [2.05, 4.69) is 11.2 Å². The smallest absolute Gasteiger partial charge is 0.263 e. The summed E-state index contributed by atoms with van der Waals surface area (Å²) >= 11 is 2.94. The van der Waals surface area contributed by atoms with Crippen molar-refractivity contribution in [1.29, 1.82) is 0 Å². The molecule has 0 spiro atoms. The van der Waals surface area contributed by atoms with Crippen molar-refractivity contribution in [3.05, 3.63) is 20.8 Å². The van der Waals surface area contributed by atoms with Crippen LogP contribution in [-0.4, -0.2) is 27.3 Å². The second-order valence-corrected chi connectivity index (χ2v) is 8.41. The molecular formula is C18H21N3O2S2. The highest BCUT2D eigenvalue weighted by Crippen LogP contribution is 2.35. The first-order valence-electron chi connectivity index (χ1n) is 8.49. The molecule has 0 saturated carbocycles. The summed E-state index contributed by atoms with van der Waals surface area (Å²) in [4.78, 5) is 31.9. The van der Waals surface area contributed by atoms with Crippen LogP contribution in [0.5, 0.6) is 0 Å². The number of thioether (sulfide) groups is 1. The molecule has 0 aliphatic heterocycles. The average molecular weight is 376 g/mol. The van der Waals surface area contributed by atoms with Gasteiger partial charge in [-0.3, -0.25) is 14.2 Å². The van der Waals surface area contributed by atoms with Gasteiger partial charge in [0.05, 0.1) is 17.2 Å². The molecule has 1 aliphatic carbocycles. The highest BCUT2D eigenvalue weighted by molar-refractivity contribution is 8.00. The molecule has 0 aromatic carbocycles. The standard InChI is InChI=1S/C18H21N3O2S2/c1-4-10-19-15(22)11(3)24-18-20-16-14(17(23)21(18)5-2)12-8-6-7-9-13(12)25-16/h1,11H,5-10H2,2-3H3,(H,19,22). The molecule has 1 unspecified atom stereocenters. The van der Waals surface area contributed by atoms with Gasteiger partial charge in [-0.1, -0.05) is 17.7 Å². The lowest BCUT2D eigenvalue weighted by Gasteiger charge is -2.14. The third kappa shape index (κ3) is 3.46. The van der Waals surface area contributed by atoms with Gasteiger partial charge < -0.3 is 5.32 Å². The molecule has 2 aromatic rings. The lowest BCUT2D eigenvalue weighted by molar-refractivity contribution is -0.120. The van der Waals surface area contributed by atoms with Crippen molar-refractivity contribution in [2.75, 3.05) is 6.54 Å². The summed E-state index contributed by atoms with van der Waals surface area (Å²) in [6.07, 6.45) is 9.49. The second kappa shape index (κ2) is 7.63. The van der Waals surface area contributed by atoms with Crippen molar-refractivity contribution in [2.45, 2.75) is 56.5 Å². The van der Waals surface area contributed by atoms with Crippen molar-refractivity contribution >= 4 is 39.2 Å². The molecule has 0 bridgehead atoms. The van der Waals surface area contributed by atoms with Crippen molar-refractivity contribution in [3.8, 4) is 12.3 Å². The van der Waals surface area contributed by atoms with Crippen LogP contribution in [-0.2, 0) is 24.2 Å². The van der Waals surface area contributed by atoms with E-state index in [0.29, 0.717) is 11.7 Å². The number of hydrogen-bond donors (Lipinski definition) is 1. The van der Waals surface area contributed by atoms with Crippen LogP contribution >= 0.6 is 23.1 Å². The van der Waals surface area contributed by atoms with Gasteiger partial charge in [-0.05, 0) is 45.1 Å².